The van der Waals surface area contributed by atoms with Gasteiger partial charge in [0, 0.05) is 11.8 Å². The lowest BCUT2D eigenvalue weighted by Gasteiger charge is -2.27. The molecule has 1 aromatic rings. The fourth-order valence-electron chi connectivity index (χ4n) is 0.997. The maximum atomic E-state index is 9.11. The van der Waals surface area contributed by atoms with E-state index in [9.17, 15) is 0 Å². The van der Waals surface area contributed by atoms with Crippen molar-refractivity contribution in [2.24, 2.45) is 0 Å². The number of rotatable bonds is 4. The van der Waals surface area contributed by atoms with E-state index in [0.717, 1.165) is 5.56 Å². The minimum atomic E-state index is -0.814. The van der Waals surface area contributed by atoms with Crippen LogP contribution in [0.15, 0.2) is 6.20 Å². The summed E-state index contributed by atoms with van der Waals surface area (Å²) in [5.41, 5.74) is 5.43. The van der Waals surface area contributed by atoms with Crippen LogP contribution in [0.5, 0.6) is 0 Å². The van der Waals surface area contributed by atoms with E-state index in [0.29, 0.717) is 5.82 Å². The third kappa shape index (κ3) is 2.77. The number of aliphatic hydroxyl groups excluding tert-OH is 2. The number of aliphatic hydroxyl groups is 2. The van der Waals surface area contributed by atoms with Crippen LogP contribution < -0.4 is 11.1 Å². The smallest absolute Gasteiger partial charge is 0.221 e. The number of nitrogens with two attached hydrogens (primary N) is 1. The van der Waals surface area contributed by atoms with Crippen LogP contribution in [0.4, 0.5) is 11.8 Å². The predicted molar refractivity (Wildman–Crippen MR) is 57.4 cm³/mol. The lowest BCUT2D eigenvalue weighted by atomic mass is 10.1. The minimum absolute atomic E-state index is 0.154. The van der Waals surface area contributed by atoms with Gasteiger partial charge in [0.2, 0.25) is 5.95 Å². The number of nitrogen functional groups attached to an aromatic ring is 1. The van der Waals surface area contributed by atoms with E-state index < -0.39 is 5.54 Å². The summed E-state index contributed by atoms with van der Waals surface area (Å²) in [6.45, 7) is 3.10. The molecule has 0 spiro atoms. The largest absolute Gasteiger partial charge is 0.394 e. The summed E-state index contributed by atoms with van der Waals surface area (Å²) in [7, 11) is 0. The number of hydrogen-bond donors (Lipinski definition) is 4. The average Bonchev–Trinajstić information content (AvgIpc) is 2.23. The standard InChI is InChI=1S/C9H16N4O2/c1-6-3-11-8(10)12-7(6)13-9(2,4-14)5-15/h3,14-15H,4-5H2,1-2H3,(H3,10,11,12,13). The van der Waals surface area contributed by atoms with Crippen LogP contribution in [0.3, 0.4) is 0 Å². The highest BCUT2D eigenvalue weighted by atomic mass is 16.3. The Morgan fingerprint density at radius 2 is 2.07 bits per heavy atom. The normalized spacial score (nSPS) is 11.5. The van der Waals surface area contributed by atoms with Crippen molar-refractivity contribution in [1.29, 1.82) is 0 Å². The van der Waals surface area contributed by atoms with Crippen LogP contribution >= 0.6 is 0 Å². The SMILES string of the molecule is Cc1cnc(N)nc1NC(C)(CO)CO. The fourth-order valence-corrected chi connectivity index (χ4v) is 0.997. The highest BCUT2D eigenvalue weighted by Crippen LogP contribution is 2.16. The van der Waals surface area contributed by atoms with Gasteiger partial charge in [0.15, 0.2) is 0 Å². The van der Waals surface area contributed by atoms with E-state index in [1.807, 2.05) is 6.92 Å². The molecular weight excluding hydrogens is 196 g/mol. The Hall–Kier alpha value is -1.40. The summed E-state index contributed by atoms with van der Waals surface area (Å²) >= 11 is 0. The molecule has 6 nitrogen and oxygen atoms in total. The van der Waals surface area contributed by atoms with Crippen LogP contribution in [0.2, 0.25) is 0 Å². The molecular formula is C9H16N4O2. The van der Waals surface area contributed by atoms with Gasteiger partial charge in [-0.15, -0.1) is 0 Å². The summed E-state index contributed by atoms with van der Waals surface area (Å²) in [4.78, 5) is 7.81. The van der Waals surface area contributed by atoms with Gasteiger partial charge in [-0.1, -0.05) is 0 Å². The van der Waals surface area contributed by atoms with E-state index in [4.69, 9.17) is 15.9 Å². The summed E-state index contributed by atoms with van der Waals surface area (Å²) < 4.78 is 0. The molecule has 0 atom stereocenters. The molecule has 84 valence electrons. The quantitative estimate of drug-likeness (QED) is 0.537. The maximum Gasteiger partial charge on any atom is 0.221 e. The van der Waals surface area contributed by atoms with Gasteiger partial charge in [-0.05, 0) is 13.8 Å². The topological polar surface area (TPSA) is 104 Å². The number of aromatic nitrogens is 2. The molecule has 0 aromatic carbocycles. The van der Waals surface area contributed by atoms with Crippen molar-refractivity contribution in [3.05, 3.63) is 11.8 Å². The van der Waals surface area contributed by atoms with Gasteiger partial charge in [0.25, 0.3) is 0 Å². The molecule has 0 unspecified atom stereocenters. The van der Waals surface area contributed by atoms with Gasteiger partial charge in [0.1, 0.15) is 5.82 Å². The highest BCUT2D eigenvalue weighted by molar-refractivity contribution is 5.47. The molecule has 1 rings (SSSR count). The van der Waals surface area contributed by atoms with E-state index in [-0.39, 0.29) is 19.2 Å². The Kier molecular flexibility index (Phi) is 3.43. The lowest BCUT2D eigenvalue weighted by molar-refractivity contribution is 0.147. The molecule has 0 bridgehead atoms. The van der Waals surface area contributed by atoms with Gasteiger partial charge < -0.3 is 21.3 Å². The van der Waals surface area contributed by atoms with Crippen molar-refractivity contribution < 1.29 is 10.2 Å². The van der Waals surface area contributed by atoms with Crippen molar-refractivity contribution in [2.45, 2.75) is 19.4 Å². The zero-order chi connectivity index (χ0) is 11.5. The monoisotopic (exact) mass is 212 g/mol. The van der Waals surface area contributed by atoms with Gasteiger partial charge in [-0.25, -0.2) is 4.98 Å². The summed E-state index contributed by atoms with van der Waals surface area (Å²) in [5.74, 6) is 0.675. The Bertz CT molecular complexity index is 339. The van der Waals surface area contributed by atoms with Crippen molar-refractivity contribution in [2.75, 3.05) is 24.3 Å². The molecule has 5 N–H and O–H groups in total. The summed E-state index contributed by atoms with van der Waals surface area (Å²) in [6.07, 6.45) is 1.58. The van der Waals surface area contributed by atoms with Gasteiger partial charge in [-0.3, -0.25) is 0 Å². The number of anilines is 2. The summed E-state index contributed by atoms with van der Waals surface area (Å²) in [6, 6.07) is 0. The van der Waals surface area contributed by atoms with Gasteiger partial charge in [0.05, 0.1) is 18.8 Å². The van der Waals surface area contributed by atoms with Crippen LogP contribution in [-0.4, -0.2) is 38.9 Å². The zero-order valence-electron chi connectivity index (χ0n) is 8.86. The molecule has 1 heterocycles. The number of nitrogens with zero attached hydrogens (tertiary/aromatic N) is 2. The van der Waals surface area contributed by atoms with Crippen molar-refractivity contribution in [3.8, 4) is 0 Å². The van der Waals surface area contributed by atoms with Gasteiger partial charge in [-0.2, -0.15) is 4.98 Å². The van der Waals surface area contributed by atoms with Crippen LogP contribution in [0, 0.1) is 6.92 Å². The Balaban J connectivity index is 2.92. The molecule has 15 heavy (non-hydrogen) atoms. The second kappa shape index (κ2) is 4.41. The minimum Gasteiger partial charge on any atom is -0.394 e. The molecule has 0 aliphatic carbocycles. The van der Waals surface area contributed by atoms with Gasteiger partial charge >= 0.3 is 0 Å². The average molecular weight is 212 g/mol. The molecule has 0 aliphatic rings. The molecule has 0 radical (unpaired) electrons. The zero-order valence-corrected chi connectivity index (χ0v) is 8.86. The van der Waals surface area contributed by atoms with Crippen molar-refractivity contribution in [3.63, 3.8) is 0 Å². The first-order valence-corrected chi connectivity index (χ1v) is 4.60. The summed E-state index contributed by atoms with van der Waals surface area (Å²) in [5, 5.41) is 21.2. The molecule has 1 aromatic heterocycles. The first kappa shape index (κ1) is 11.7. The first-order chi connectivity index (χ1) is 7.00. The lowest BCUT2D eigenvalue weighted by Crippen LogP contribution is -2.43. The van der Waals surface area contributed by atoms with E-state index in [2.05, 4.69) is 15.3 Å². The number of nitrogens with one attached hydrogen (secondary N) is 1. The van der Waals surface area contributed by atoms with E-state index in [1.165, 1.54) is 0 Å². The van der Waals surface area contributed by atoms with Crippen LogP contribution in [0.25, 0.3) is 0 Å². The second-order valence-electron chi connectivity index (χ2n) is 3.76. The molecule has 0 amide bonds. The Labute approximate surface area is 88.2 Å². The Morgan fingerprint density at radius 3 is 2.60 bits per heavy atom. The third-order valence-corrected chi connectivity index (χ3v) is 2.11. The highest BCUT2D eigenvalue weighted by Gasteiger charge is 2.23. The first-order valence-electron chi connectivity index (χ1n) is 4.60. The van der Waals surface area contributed by atoms with E-state index >= 15 is 0 Å². The number of aryl methyl sites for hydroxylation is 1. The van der Waals surface area contributed by atoms with Crippen LogP contribution in [-0.2, 0) is 0 Å². The predicted octanol–water partition coefficient (Wildman–Crippen LogP) is -0.478. The van der Waals surface area contributed by atoms with E-state index in [1.54, 1.807) is 13.1 Å². The Morgan fingerprint density at radius 1 is 1.47 bits per heavy atom. The van der Waals surface area contributed by atoms with Crippen LogP contribution in [0.1, 0.15) is 12.5 Å². The third-order valence-electron chi connectivity index (χ3n) is 2.11. The second-order valence-corrected chi connectivity index (χ2v) is 3.76. The maximum absolute atomic E-state index is 9.11. The molecule has 0 aliphatic heterocycles. The number of hydrogen-bond acceptors (Lipinski definition) is 6. The van der Waals surface area contributed by atoms with Crippen molar-refractivity contribution >= 4 is 11.8 Å². The molecule has 0 saturated heterocycles. The molecule has 6 heteroatoms. The van der Waals surface area contributed by atoms with Crippen molar-refractivity contribution in [1.82, 2.24) is 9.97 Å². The fraction of sp³-hybridized carbons (Fsp3) is 0.556. The molecule has 0 fully saturated rings. The molecule has 0 saturated carbocycles.